The van der Waals surface area contributed by atoms with Crippen molar-refractivity contribution in [3.05, 3.63) is 34.9 Å². The van der Waals surface area contributed by atoms with Gasteiger partial charge in [0.05, 0.1) is 0 Å². The van der Waals surface area contributed by atoms with E-state index < -0.39 is 0 Å². The summed E-state index contributed by atoms with van der Waals surface area (Å²) in [5, 5.41) is 4.55. The van der Waals surface area contributed by atoms with E-state index in [9.17, 15) is 0 Å². The van der Waals surface area contributed by atoms with Crippen molar-refractivity contribution in [3.63, 3.8) is 0 Å². The summed E-state index contributed by atoms with van der Waals surface area (Å²) in [6.45, 7) is 2.34. The summed E-state index contributed by atoms with van der Waals surface area (Å²) >= 11 is 6.16. The molecule has 1 heterocycles. The Balaban J connectivity index is 1.75. The normalized spacial score (nSPS) is 28.5. The minimum Gasteiger partial charge on any atom is -0.314 e. The van der Waals surface area contributed by atoms with Crippen molar-refractivity contribution < 1.29 is 0 Å². The lowest BCUT2D eigenvalue weighted by Gasteiger charge is -2.40. The monoisotopic (exact) mass is 278 g/mol. The molecule has 1 N–H and O–H groups in total. The molecule has 0 bridgehead atoms. The molecule has 19 heavy (non-hydrogen) atoms. The van der Waals surface area contributed by atoms with Gasteiger partial charge in [0.25, 0.3) is 0 Å². The lowest BCUT2D eigenvalue weighted by atomic mass is 9.85. The predicted octanol–water partition coefficient (Wildman–Crippen LogP) is 3.47. The quantitative estimate of drug-likeness (QED) is 0.907. The van der Waals surface area contributed by atoms with E-state index in [4.69, 9.17) is 11.6 Å². The summed E-state index contributed by atoms with van der Waals surface area (Å²) in [6, 6.07) is 9.71. The third-order valence-corrected chi connectivity index (χ3v) is 4.68. The van der Waals surface area contributed by atoms with Crippen LogP contribution >= 0.6 is 11.6 Å². The summed E-state index contributed by atoms with van der Waals surface area (Å²) in [5.41, 5.74) is 1.37. The Morgan fingerprint density at radius 1 is 1.32 bits per heavy atom. The van der Waals surface area contributed by atoms with Gasteiger partial charge in [-0.25, -0.2) is 0 Å². The second-order valence-corrected chi connectivity index (χ2v) is 6.50. The highest BCUT2D eigenvalue weighted by Gasteiger charge is 2.32. The van der Waals surface area contributed by atoms with E-state index in [2.05, 4.69) is 35.5 Å². The Kier molecular flexibility index (Phi) is 4.11. The lowest BCUT2D eigenvalue weighted by molar-refractivity contribution is 0.119. The first-order valence-electron chi connectivity index (χ1n) is 7.43. The van der Waals surface area contributed by atoms with Crippen LogP contribution in [0.25, 0.3) is 0 Å². The third-order valence-electron chi connectivity index (χ3n) is 4.44. The van der Waals surface area contributed by atoms with Crippen molar-refractivity contribution in [1.82, 2.24) is 10.2 Å². The van der Waals surface area contributed by atoms with E-state index >= 15 is 0 Å². The Morgan fingerprint density at radius 2 is 2.16 bits per heavy atom. The zero-order valence-corrected chi connectivity index (χ0v) is 12.4. The van der Waals surface area contributed by atoms with Crippen LogP contribution in [0.4, 0.5) is 0 Å². The zero-order chi connectivity index (χ0) is 13.2. The van der Waals surface area contributed by atoms with Gasteiger partial charge in [-0.05, 0) is 62.9 Å². The molecular formula is C16H23ClN2. The standard InChI is InChI=1S/C16H23ClN2/c1-19-9-3-5-13(11-18-15-7-8-15)16(19)12-4-2-6-14(17)10-12/h2,4,6,10,13,15-16,18H,3,5,7-9,11H2,1H3. The molecule has 2 aliphatic rings. The van der Waals surface area contributed by atoms with Gasteiger partial charge in [0.2, 0.25) is 0 Å². The van der Waals surface area contributed by atoms with Crippen LogP contribution in [0.15, 0.2) is 24.3 Å². The van der Waals surface area contributed by atoms with Gasteiger partial charge in [-0.1, -0.05) is 23.7 Å². The van der Waals surface area contributed by atoms with Crippen LogP contribution in [-0.2, 0) is 0 Å². The molecule has 1 aromatic carbocycles. The van der Waals surface area contributed by atoms with Gasteiger partial charge < -0.3 is 5.32 Å². The molecule has 0 spiro atoms. The molecule has 3 heteroatoms. The highest BCUT2D eigenvalue weighted by molar-refractivity contribution is 6.30. The van der Waals surface area contributed by atoms with Crippen LogP contribution in [0.2, 0.25) is 5.02 Å². The van der Waals surface area contributed by atoms with E-state index in [0.29, 0.717) is 12.0 Å². The number of benzene rings is 1. The van der Waals surface area contributed by atoms with Gasteiger partial charge in [-0.2, -0.15) is 0 Å². The van der Waals surface area contributed by atoms with Gasteiger partial charge in [-0.3, -0.25) is 4.90 Å². The fourth-order valence-electron chi connectivity index (χ4n) is 3.30. The van der Waals surface area contributed by atoms with Crippen molar-refractivity contribution >= 4 is 11.6 Å². The molecule has 1 aliphatic carbocycles. The fourth-order valence-corrected chi connectivity index (χ4v) is 3.49. The summed E-state index contributed by atoms with van der Waals surface area (Å²) in [4.78, 5) is 2.49. The topological polar surface area (TPSA) is 15.3 Å². The van der Waals surface area contributed by atoms with E-state index in [1.54, 1.807) is 0 Å². The highest BCUT2D eigenvalue weighted by atomic mass is 35.5. The van der Waals surface area contributed by atoms with Gasteiger partial charge in [0.15, 0.2) is 0 Å². The number of nitrogens with zero attached hydrogens (tertiary/aromatic N) is 1. The molecule has 0 radical (unpaired) electrons. The van der Waals surface area contributed by atoms with Gasteiger partial charge in [0, 0.05) is 23.7 Å². The second-order valence-electron chi connectivity index (χ2n) is 6.07. The van der Waals surface area contributed by atoms with Crippen molar-refractivity contribution in [1.29, 1.82) is 0 Å². The van der Waals surface area contributed by atoms with E-state index in [0.717, 1.165) is 17.6 Å². The smallest absolute Gasteiger partial charge is 0.0409 e. The first kappa shape index (κ1) is 13.4. The third kappa shape index (κ3) is 3.31. The molecule has 3 rings (SSSR count). The van der Waals surface area contributed by atoms with Crippen LogP contribution in [-0.4, -0.2) is 31.1 Å². The number of rotatable bonds is 4. The number of hydrogen-bond acceptors (Lipinski definition) is 2. The highest BCUT2D eigenvalue weighted by Crippen LogP contribution is 2.36. The van der Waals surface area contributed by atoms with Crippen molar-refractivity contribution in [3.8, 4) is 0 Å². The zero-order valence-electron chi connectivity index (χ0n) is 11.6. The molecule has 1 aromatic rings. The van der Waals surface area contributed by atoms with E-state index in [-0.39, 0.29) is 0 Å². The predicted molar refractivity (Wildman–Crippen MR) is 80.6 cm³/mol. The number of nitrogens with one attached hydrogen (secondary N) is 1. The van der Waals surface area contributed by atoms with Crippen LogP contribution in [0.1, 0.15) is 37.3 Å². The summed E-state index contributed by atoms with van der Waals surface area (Å²) in [5.74, 6) is 0.706. The summed E-state index contributed by atoms with van der Waals surface area (Å²) in [6.07, 6.45) is 5.36. The molecule has 1 saturated heterocycles. The van der Waals surface area contributed by atoms with Crippen molar-refractivity contribution in [2.75, 3.05) is 20.1 Å². The number of likely N-dealkylation sites (tertiary alicyclic amines) is 1. The Bertz CT molecular complexity index is 431. The maximum atomic E-state index is 6.16. The largest absolute Gasteiger partial charge is 0.314 e. The molecule has 2 unspecified atom stereocenters. The number of halogens is 1. The molecule has 2 atom stereocenters. The molecular weight excluding hydrogens is 256 g/mol. The maximum Gasteiger partial charge on any atom is 0.0409 e. The van der Waals surface area contributed by atoms with Gasteiger partial charge in [0.1, 0.15) is 0 Å². The molecule has 0 amide bonds. The molecule has 2 fully saturated rings. The van der Waals surface area contributed by atoms with Crippen LogP contribution in [0, 0.1) is 5.92 Å². The van der Waals surface area contributed by atoms with E-state index in [1.807, 2.05) is 6.07 Å². The number of piperidine rings is 1. The average molecular weight is 279 g/mol. The first-order chi connectivity index (χ1) is 9.24. The second kappa shape index (κ2) is 5.82. The maximum absolute atomic E-state index is 6.16. The fraction of sp³-hybridized carbons (Fsp3) is 0.625. The molecule has 0 aromatic heterocycles. The van der Waals surface area contributed by atoms with Crippen molar-refractivity contribution in [2.24, 2.45) is 5.92 Å². The SMILES string of the molecule is CN1CCCC(CNC2CC2)C1c1cccc(Cl)c1. The van der Waals surface area contributed by atoms with Crippen LogP contribution in [0.5, 0.6) is 0 Å². The van der Waals surface area contributed by atoms with Gasteiger partial charge in [-0.15, -0.1) is 0 Å². The molecule has 1 saturated carbocycles. The molecule has 2 nitrogen and oxygen atoms in total. The first-order valence-corrected chi connectivity index (χ1v) is 7.81. The molecule has 1 aliphatic heterocycles. The van der Waals surface area contributed by atoms with E-state index in [1.165, 1.54) is 37.8 Å². The lowest BCUT2D eigenvalue weighted by Crippen LogP contribution is -2.40. The minimum absolute atomic E-state index is 0.513. The minimum atomic E-state index is 0.513. The molecule has 104 valence electrons. The van der Waals surface area contributed by atoms with Crippen LogP contribution < -0.4 is 5.32 Å². The van der Waals surface area contributed by atoms with Gasteiger partial charge >= 0.3 is 0 Å². The Hall–Kier alpha value is -0.570. The number of hydrogen-bond donors (Lipinski definition) is 1. The summed E-state index contributed by atoms with van der Waals surface area (Å²) < 4.78 is 0. The van der Waals surface area contributed by atoms with Crippen molar-refractivity contribution in [2.45, 2.75) is 37.8 Å². The Morgan fingerprint density at radius 3 is 2.89 bits per heavy atom. The summed E-state index contributed by atoms with van der Waals surface area (Å²) in [7, 11) is 2.24. The average Bonchev–Trinajstić information content (AvgIpc) is 3.20. The van der Waals surface area contributed by atoms with Crippen LogP contribution in [0.3, 0.4) is 0 Å². The Labute approximate surface area is 121 Å².